The lowest BCUT2D eigenvalue weighted by Crippen LogP contribution is -2.46. The van der Waals surface area contributed by atoms with E-state index in [1.807, 2.05) is 19.1 Å². The van der Waals surface area contributed by atoms with Crippen molar-refractivity contribution in [2.45, 2.75) is 91.3 Å². The minimum absolute atomic E-state index is 0.0293. The fourth-order valence-electron chi connectivity index (χ4n) is 6.16. The third kappa shape index (κ3) is 3.81. The molecule has 1 aromatic carbocycles. The van der Waals surface area contributed by atoms with Crippen LogP contribution in [0.15, 0.2) is 29.4 Å². The van der Waals surface area contributed by atoms with Crippen LogP contribution in [-0.4, -0.2) is 29.2 Å². The fraction of sp³-hybridized carbons (Fsp3) is 0.607. The SMILES string of the molecule is COc1cc(C)c2c(c1)C=C[C@@](C)(CC1=C(CC(C)(C)O)C(=O)[C@@]3(C)CCC[C@]3(C)C1)O2. The molecule has 4 rings (SSSR count). The molecule has 0 unspecified atom stereocenters. The number of carbonyl (C=O) groups excluding carboxylic acids is 1. The summed E-state index contributed by atoms with van der Waals surface area (Å²) < 4.78 is 12.0. The van der Waals surface area contributed by atoms with Crippen LogP contribution in [0.5, 0.6) is 11.5 Å². The lowest BCUT2D eigenvalue weighted by Gasteiger charge is -2.47. The highest BCUT2D eigenvalue weighted by Crippen LogP contribution is 2.61. The summed E-state index contributed by atoms with van der Waals surface area (Å²) in [6.07, 6.45) is 9.24. The molecule has 1 N–H and O–H groups in total. The Hall–Kier alpha value is -2.07. The van der Waals surface area contributed by atoms with Gasteiger partial charge >= 0.3 is 0 Å². The van der Waals surface area contributed by atoms with Gasteiger partial charge in [0, 0.05) is 23.8 Å². The number of hydrogen-bond donors (Lipinski definition) is 1. The summed E-state index contributed by atoms with van der Waals surface area (Å²) in [6.45, 7) is 12.2. The molecule has 0 bridgehead atoms. The molecule has 3 atom stereocenters. The molecule has 1 aromatic rings. The average molecular weight is 439 g/mol. The van der Waals surface area contributed by atoms with Crippen LogP contribution in [0.2, 0.25) is 0 Å². The minimum Gasteiger partial charge on any atom is -0.497 e. The van der Waals surface area contributed by atoms with Crippen LogP contribution >= 0.6 is 0 Å². The van der Waals surface area contributed by atoms with Gasteiger partial charge in [-0.3, -0.25) is 4.79 Å². The van der Waals surface area contributed by atoms with Crippen LogP contribution < -0.4 is 9.47 Å². The van der Waals surface area contributed by atoms with Gasteiger partial charge in [0.05, 0.1) is 12.7 Å². The Balaban J connectivity index is 1.73. The normalized spacial score (nSPS) is 31.9. The molecule has 1 heterocycles. The molecule has 32 heavy (non-hydrogen) atoms. The van der Waals surface area contributed by atoms with E-state index in [0.29, 0.717) is 12.8 Å². The first kappa shape index (κ1) is 23.1. The number of fused-ring (bicyclic) bond motifs is 2. The van der Waals surface area contributed by atoms with E-state index in [2.05, 4.69) is 32.9 Å². The summed E-state index contributed by atoms with van der Waals surface area (Å²) in [6, 6.07) is 3.99. The molecule has 4 nitrogen and oxygen atoms in total. The minimum atomic E-state index is -0.928. The number of ketones is 1. The van der Waals surface area contributed by atoms with Gasteiger partial charge < -0.3 is 14.6 Å². The van der Waals surface area contributed by atoms with Crippen LogP contribution in [-0.2, 0) is 4.79 Å². The van der Waals surface area contributed by atoms with E-state index in [0.717, 1.165) is 59.5 Å². The van der Waals surface area contributed by atoms with Crippen molar-refractivity contribution >= 4 is 11.9 Å². The van der Waals surface area contributed by atoms with Crippen molar-refractivity contribution in [1.29, 1.82) is 0 Å². The van der Waals surface area contributed by atoms with E-state index in [-0.39, 0.29) is 16.6 Å². The Morgan fingerprint density at radius 3 is 2.56 bits per heavy atom. The molecule has 1 saturated carbocycles. The largest absolute Gasteiger partial charge is 0.497 e. The molecule has 1 aliphatic heterocycles. The maximum absolute atomic E-state index is 13.8. The second-order valence-electron chi connectivity index (χ2n) is 11.6. The van der Waals surface area contributed by atoms with Crippen LogP contribution in [0.25, 0.3) is 6.08 Å². The van der Waals surface area contributed by atoms with E-state index in [4.69, 9.17) is 9.47 Å². The molecule has 0 aromatic heterocycles. The first-order chi connectivity index (χ1) is 14.8. The number of aliphatic hydroxyl groups is 1. The molecule has 4 heteroatoms. The molecule has 174 valence electrons. The zero-order valence-electron chi connectivity index (χ0n) is 20.7. The van der Waals surface area contributed by atoms with Gasteiger partial charge in [0.15, 0.2) is 5.78 Å². The van der Waals surface area contributed by atoms with Crippen molar-refractivity contribution in [3.63, 3.8) is 0 Å². The van der Waals surface area contributed by atoms with Gasteiger partial charge in [-0.15, -0.1) is 0 Å². The summed E-state index contributed by atoms with van der Waals surface area (Å²) in [5, 5.41) is 10.6. The molecule has 3 aliphatic rings. The lowest BCUT2D eigenvalue weighted by molar-refractivity contribution is -0.131. The van der Waals surface area contributed by atoms with Crippen LogP contribution in [0.3, 0.4) is 0 Å². The van der Waals surface area contributed by atoms with Gasteiger partial charge in [-0.05, 0) is 81.7 Å². The summed E-state index contributed by atoms with van der Waals surface area (Å²) >= 11 is 0. The van der Waals surface area contributed by atoms with Crippen LogP contribution in [0.1, 0.15) is 84.3 Å². The van der Waals surface area contributed by atoms with Crippen molar-refractivity contribution in [3.05, 3.63) is 40.5 Å². The van der Waals surface area contributed by atoms with Crippen molar-refractivity contribution in [2.24, 2.45) is 10.8 Å². The van der Waals surface area contributed by atoms with Gasteiger partial charge in [-0.25, -0.2) is 0 Å². The molecular formula is C28H38O4. The van der Waals surface area contributed by atoms with Gasteiger partial charge in [-0.1, -0.05) is 31.9 Å². The first-order valence-corrected chi connectivity index (χ1v) is 11.8. The van der Waals surface area contributed by atoms with E-state index >= 15 is 0 Å². The van der Waals surface area contributed by atoms with Gasteiger partial charge in [-0.2, -0.15) is 0 Å². The highest BCUT2D eigenvalue weighted by atomic mass is 16.5. The summed E-state index contributed by atoms with van der Waals surface area (Å²) in [4.78, 5) is 13.8. The number of benzene rings is 1. The molecule has 1 fully saturated rings. The topological polar surface area (TPSA) is 55.8 Å². The summed E-state index contributed by atoms with van der Waals surface area (Å²) in [7, 11) is 1.67. The molecular weight excluding hydrogens is 400 g/mol. The van der Waals surface area contributed by atoms with E-state index in [1.54, 1.807) is 21.0 Å². The maximum atomic E-state index is 13.8. The van der Waals surface area contributed by atoms with Crippen molar-refractivity contribution in [1.82, 2.24) is 0 Å². The summed E-state index contributed by atoms with van der Waals surface area (Å²) in [5.41, 5.74) is 2.20. The highest BCUT2D eigenvalue weighted by Gasteiger charge is 2.57. The molecule has 0 radical (unpaired) electrons. The number of Topliss-reactive ketones (excluding diaryl/α,β-unsaturated/α-hetero) is 1. The number of rotatable bonds is 5. The predicted molar refractivity (Wildman–Crippen MR) is 128 cm³/mol. The van der Waals surface area contributed by atoms with E-state index in [1.165, 1.54) is 0 Å². The number of ether oxygens (including phenoxy) is 2. The van der Waals surface area contributed by atoms with Gasteiger partial charge in [0.25, 0.3) is 0 Å². The third-order valence-corrected chi connectivity index (χ3v) is 8.18. The average Bonchev–Trinajstić information content (AvgIpc) is 3.00. The van der Waals surface area contributed by atoms with Crippen LogP contribution in [0, 0.1) is 17.8 Å². The Bertz CT molecular complexity index is 1010. The Morgan fingerprint density at radius 1 is 1.19 bits per heavy atom. The number of aryl methyl sites for hydroxylation is 1. The van der Waals surface area contributed by atoms with Crippen molar-refractivity contribution in [3.8, 4) is 11.5 Å². The highest BCUT2D eigenvalue weighted by molar-refractivity contribution is 6.02. The fourth-order valence-corrected chi connectivity index (χ4v) is 6.16. The Morgan fingerprint density at radius 2 is 1.91 bits per heavy atom. The van der Waals surface area contributed by atoms with Crippen molar-refractivity contribution in [2.75, 3.05) is 7.11 Å². The van der Waals surface area contributed by atoms with Crippen LogP contribution in [0.4, 0.5) is 0 Å². The second kappa shape index (κ2) is 7.48. The third-order valence-electron chi connectivity index (χ3n) is 8.18. The number of methoxy groups -OCH3 is 1. The Kier molecular flexibility index (Phi) is 5.40. The zero-order chi connectivity index (χ0) is 23.5. The van der Waals surface area contributed by atoms with Gasteiger partial charge in [0.2, 0.25) is 0 Å². The quantitative estimate of drug-likeness (QED) is 0.596. The smallest absolute Gasteiger partial charge is 0.165 e. The molecule has 0 saturated heterocycles. The second-order valence-corrected chi connectivity index (χ2v) is 11.6. The summed E-state index contributed by atoms with van der Waals surface area (Å²) in [5.74, 6) is 1.93. The van der Waals surface area contributed by atoms with E-state index < -0.39 is 11.2 Å². The standard InChI is InChI=1S/C28H38O4/c1-18-13-21(31-7)14-19-9-12-27(5,32-23(18)19)16-20-15-26(4)10-8-11-28(26,6)24(29)22(20)17-25(2,3)30/h9,12-14,30H,8,10-11,15-17H2,1-7H3/t26-,27+,28-/m1/s1. The Labute approximate surface area is 192 Å². The zero-order valence-corrected chi connectivity index (χ0v) is 20.7. The monoisotopic (exact) mass is 438 g/mol. The molecule has 0 spiro atoms. The van der Waals surface area contributed by atoms with Crippen molar-refractivity contribution < 1.29 is 19.4 Å². The number of hydrogen-bond acceptors (Lipinski definition) is 4. The lowest BCUT2D eigenvalue weighted by atomic mass is 9.56. The first-order valence-electron chi connectivity index (χ1n) is 11.8. The maximum Gasteiger partial charge on any atom is 0.165 e. The van der Waals surface area contributed by atoms with E-state index in [9.17, 15) is 9.90 Å². The molecule has 0 amide bonds. The molecule has 2 aliphatic carbocycles. The predicted octanol–water partition coefficient (Wildman–Crippen LogP) is 6.18. The van der Waals surface area contributed by atoms with Gasteiger partial charge in [0.1, 0.15) is 17.1 Å². The number of carbonyl (C=O) groups is 1.